The number of aliphatic carboxylic acids is 1. The minimum Gasteiger partial charge on any atom is -0.480 e. The fourth-order valence-electron chi connectivity index (χ4n) is 4.15. The number of carboxylic acids is 1. The molecule has 2 aromatic carbocycles. The van der Waals surface area contributed by atoms with Crippen LogP contribution in [0, 0.1) is 0 Å². The van der Waals surface area contributed by atoms with Gasteiger partial charge in [-0.15, -0.1) is 0 Å². The van der Waals surface area contributed by atoms with E-state index in [4.69, 9.17) is 27.9 Å². The molecule has 35 heavy (non-hydrogen) atoms. The first-order valence-electron chi connectivity index (χ1n) is 11.5. The van der Waals surface area contributed by atoms with Crippen molar-refractivity contribution >= 4 is 41.2 Å². The molecule has 7 nitrogen and oxygen atoms in total. The Morgan fingerprint density at radius 2 is 1.83 bits per heavy atom. The molecular formula is C26H30Cl2N2O5. The van der Waals surface area contributed by atoms with Crippen LogP contribution in [0.4, 0.5) is 4.79 Å². The summed E-state index contributed by atoms with van der Waals surface area (Å²) in [5.74, 6) is -1.68. The third kappa shape index (κ3) is 7.12. The standard InChI is InChI=1S/C26H30Cl2N2O5/c1-26(2,3)35-25(34)29-13-7-10-19(29)16-30(23(31)20-12-11-18(27)15-21(20)28)22(24(32)33)14-17-8-5-4-6-9-17/h4-6,8-9,11-12,15,19,22H,7,10,13-14,16H2,1-3H3,(H,32,33)/t19?,22-/m0/s1. The first kappa shape index (κ1) is 26.8. The van der Waals surface area contributed by atoms with Gasteiger partial charge in [-0.3, -0.25) is 4.79 Å². The monoisotopic (exact) mass is 520 g/mol. The third-order valence-corrected chi connectivity index (χ3v) is 6.32. The molecule has 1 unspecified atom stereocenters. The van der Waals surface area contributed by atoms with E-state index in [-0.39, 0.29) is 23.6 Å². The Kier molecular flexibility index (Phi) is 8.67. The van der Waals surface area contributed by atoms with Crippen LogP contribution >= 0.6 is 23.2 Å². The van der Waals surface area contributed by atoms with Crippen LogP contribution in [-0.2, 0) is 16.0 Å². The Labute approximate surface area is 215 Å². The average Bonchev–Trinajstić information content (AvgIpc) is 3.23. The zero-order chi connectivity index (χ0) is 25.8. The lowest BCUT2D eigenvalue weighted by Gasteiger charge is -2.35. The molecule has 9 heteroatoms. The van der Waals surface area contributed by atoms with Gasteiger partial charge in [-0.25, -0.2) is 9.59 Å². The fraction of sp³-hybridized carbons (Fsp3) is 0.423. The largest absolute Gasteiger partial charge is 0.480 e. The molecule has 2 amide bonds. The van der Waals surface area contributed by atoms with Crippen molar-refractivity contribution in [3.8, 4) is 0 Å². The molecule has 1 N–H and O–H groups in total. The molecular weight excluding hydrogens is 491 g/mol. The Balaban J connectivity index is 1.95. The molecule has 0 aliphatic carbocycles. The number of benzene rings is 2. The van der Waals surface area contributed by atoms with Gasteiger partial charge in [-0.1, -0.05) is 53.5 Å². The first-order valence-corrected chi connectivity index (χ1v) is 12.2. The molecule has 1 aliphatic heterocycles. The highest BCUT2D eigenvalue weighted by Gasteiger charge is 2.38. The Hall–Kier alpha value is -2.77. The van der Waals surface area contributed by atoms with E-state index >= 15 is 0 Å². The van der Waals surface area contributed by atoms with Crippen molar-refractivity contribution < 1.29 is 24.2 Å². The van der Waals surface area contributed by atoms with Crippen LogP contribution in [0.1, 0.15) is 49.5 Å². The van der Waals surface area contributed by atoms with Gasteiger partial charge in [0, 0.05) is 24.5 Å². The highest BCUT2D eigenvalue weighted by atomic mass is 35.5. The van der Waals surface area contributed by atoms with Gasteiger partial charge >= 0.3 is 12.1 Å². The maximum absolute atomic E-state index is 13.7. The first-order chi connectivity index (χ1) is 16.5. The second-order valence-corrected chi connectivity index (χ2v) is 10.4. The number of hydrogen-bond acceptors (Lipinski definition) is 4. The summed E-state index contributed by atoms with van der Waals surface area (Å²) < 4.78 is 5.55. The van der Waals surface area contributed by atoms with Crippen LogP contribution in [-0.4, -0.2) is 63.7 Å². The topological polar surface area (TPSA) is 87.2 Å². The highest BCUT2D eigenvalue weighted by Crippen LogP contribution is 2.27. The summed E-state index contributed by atoms with van der Waals surface area (Å²) in [5.41, 5.74) is 0.250. The van der Waals surface area contributed by atoms with E-state index in [1.165, 1.54) is 23.1 Å². The lowest BCUT2D eigenvalue weighted by Crippen LogP contribution is -2.53. The molecule has 1 heterocycles. The highest BCUT2D eigenvalue weighted by molar-refractivity contribution is 6.36. The average molecular weight is 521 g/mol. The summed E-state index contributed by atoms with van der Waals surface area (Å²) in [6.45, 7) is 5.86. The molecule has 2 atom stereocenters. The Morgan fingerprint density at radius 1 is 1.14 bits per heavy atom. The number of halogens is 2. The van der Waals surface area contributed by atoms with E-state index in [0.717, 1.165) is 12.0 Å². The minimum atomic E-state index is -1.17. The lowest BCUT2D eigenvalue weighted by atomic mass is 10.0. The van der Waals surface area contributed by atoms with E-state index in [9.17, 15) is 19.5 Å². The van der Waals surface area contributed by atoms with Crippen molar-refractivity contribution in [1.29, 1.82) is 0 Å². The summed E-state index contributed by atoms with van der Waals surface area (Å²) in [4.78, 5) is 41.9. The van der Waals surface area contributed by atoms with Crippen molar-refractivity contribution in [2.45, 2.75) is 57.7 Å². The molecule has 0 bridgehead atoms. The normalized spacial score (nSPS) is 16.6. The number of amides is 2. The van der Waals surface area contributed by atoms with E-state index in [2.05, 4.69) is 0 Å². The number of rotatable bonds is 7. The molecule has 0 radical (unpaired) electrons. The minimum absolute atomic E-state index is 0.0286. The van der Waals surface area contributed by atoms with Crippen LogP contribution < -0.4 is 0 Å². The van der Waals surface area contributed by atoms with Gasteiger partial charge in [-0.05, 0) is 57.4 Å². The van der Waals surface area contributed by atoms with Gasteiger partial charge in [0.2, 0.25) is 0 Å². The zero-order valence-electron chi connectivity index (χ0n) is 20.0. The summed E-state index contributed by atoms with van der Waals surface area (Å²) in [7, 11) is 0. The summed E-state index contributed by atoms with van der Waals surface area (Å²) >= 11 is 12.3. The molecule has 1 saturated heterocycles. The fourth-order valence-corrected chi connectivity index (χ4v) is 4.64. The van der Waals surface area contributed by atoms with E-state index in [1.807, 2.05) is 30.3 Å². The number of carbonyl (C=O) groups excluding carboxylic acids is 2. The van der Waals surface area contributed by atoms with Gasteiger partial charge in [0.15, 0.2) is 0 Å². The van der Waals surface area contributed by atoms with E-state index < -0.39 is 35.7 Å². The number of carbonyl (C=O) groups is 3. The van der Waals surface area contributed by atoms with Crippen molar-refractivity contribution in [3.05, 3.63) is 69.7 Å². The summed E-state index contributed by atoms with van der Waals surface area (Å²) in [6.07, 6.45) is 0.970. The molecule has 1 fully saturated rings. The number of nitrogens with zero attached hydrogens (tertiary/aromatic N) is 2. The van der Waals surface area contributed by atoms with E-state index in [0.29, 0.717) is 18.0 Å². The van der Waals surface area contributed by atoms with Crippen molar-refractivity contribution in [3.63, 3.8) is 0 Å². The maximum Gasteiger partial charge on any atom is 0.410 e. The van der Waals surface area contributed by atoms with Crippen LogP contribution in [0.3, 0.4) is 0 Å². The van der Waals surface area contributed by atoms with Crippen molar-refractivity contribution in [2.24, 2.45) is 0 Å². The Morgan fingerprint density at radius 3 is 2.43 bits per heavy atom. The van der Waals surface area contributed by atoms with Gasteiger partial charge in [0.05, 0.1) is 16.6 Å². The zero-order valence-corrected chi connectivity index (χ0v) is 21.6. The number of likely N-dealkylation sites (tertiary alicyclic amines) is 1. The predicted octanol–water partition coefficient (Wildman–Crippen LogP) is 5.53. The van der Waals surface area contributed by atoms with Crippen molar-refractivity contribution in [2.75, 3.05) is 13.1 Å². The van der Waals surface area contributed by atoms with Crippen LogP contribution in [0.15, 0.2) is 48.5 Å². The smallest absolute Gasteiger partial charge is 0.410 e. The predicted molar refractivity (Wildman–Crippen MR) is 135 cm³/mol. The van der Waals surface area contributed by atoms with Gasteiger partial charge in [-0.2, -0.15) is 0 Å². The number of carboxylic acid groups (broad SMARTS) is 1. The van der Waals surface area contributed by atoms with Crippen LogP contribution in [0.5, 0.6) is 0 Å². The molecule has 0 aromatic heterocycles. The molecule has 1 aliphatic rings. The molecule has 188 valence electrons. The quantitative estimate of drug-likeness (QED) is 0.518. The molecule has 2 aromatic rings. The summed E-state index contributed by atoms with van der Waals surface area (Å²) in [6, 6.07) is 12.0. The molecule has 0 saturated carbocycles. The molecule has 0 spiro atoms. The van der Waals surface area contributed by atoms with Crippen molar-refractivity contribution in [1.82, 2.24) is 9.80 Å². The maximum atomic E-state index is 13.7. The third-order valence-electron chi connectivity index (χ3n) is 5.77. The second-order valence-electron chi connectivity index (χ2n) is 9.60. The molecule has 3 rings (SSSR count). The van der Waals surface area contributed by atoms with Gasteiger partial charge in [0.25, 0.3) is 5.91 Å². The lowest BCUT2D eigenvalue weighted by molar-refractivity contribution is -0.142. The SMILES string of the molecule is CC(C)(C)OC(=O)N1CCCC1CN(C(=O)c1ccc(Cl)cc1Cl)[C@@H](Cc1ccccc1)C(=O)O. The van der Waals surface area contributed by atoms with Crippen LogP contribution in [0.25, 0.3) is 0 Å². The van der Waals surface area contributed by atoms with E-state index in [1.54, 1.807) is 25.7 Å². The van der Waals surface area contributed by atoms with Crippen LogP contribution in [0.2, 0.25) is 10.0 Å². The number of ether oxygens (including phenoxy) is 1. The number of hydrogen-bond donors (Lipinski definition) is 1. The van der Waals surface area contributed by atoms with Gasteiger partial charge in [0.1, 0.15) is 11.6 Å². The summed E-state index contributed by atoms with van der Waals surface area (Å²) in [5, 5.41) is 10.7. The van der Waals surface area contributed by atoms with Gasteiger partial charge < -0.3 is 19.6 Å². The Bertz CT molecular complexity index is 1070. The second kappa shape index (κ2) is 11.3.